The molecule has 0 spiro atoms. The van der Waals surface area contributed by atoms with Gasteiger partial charge >= 0.3 is 0 Å². The van der Waals surface area contributed by atoms with Crippen molar-refractivity contribution < 1.29 is 18.0 Å². The fraction of sp³-hybridized carbons (Fsp3) is 0.391. The lowest BCUT2D eigenvalue weighted by atomic mass is 10.1. The molecule has 0 radical (unpaired) electrons. The number of anilines is 1. The highest BCUT2D eigenvalue weighted by molar-refractivity contribution is 7.92. The Kier molecular flexibility index (Phi) is 9.53. The fourth-order valence-electron chi connectivity index (χ4n) is 3.48. The SMILES string of the molecule is CC[C@@H](C(=O)NC)N(Cc1ccccc1)C(=O)CCCN(c1ccc(Cl)cc1)S(C)(=O)=O. The van der Waals surface area contributed by atoms with Gasteiger partial charge in [-0.1, -0.05) is 48.9 Å². The minimum atomic E-state index is -3.53. The monoisotopic (exact) mass is 479 g/mol. The zero-order chi connectivity index (χ0) is 23.7. The second-order valence-electron chi connectivity index (χ2n) is 7.46. The molecule has 2 aromatic rings. The zero-order valence-electron chi connectivity index (χ0n) is 18.6. The van der Waals surface area contributed by atoms with Crippen molar-refractivity contribution in [1.82, 2.24) is 10.2 Å². The van der Waals surface area contributed by atoms with Gasteiger partial charge in [-0.3, -0.25) is 13.9 Å². The zero-order valence-corrected chi connectivity index (χ0v) is 20.2. The molecule has 2 rings (SSSR count). The van der Waals surface area contributed by atoms with Gasteiger partial charge in [0.25, 0.3) is 0 Å². The average Bonchev–Trinajstić information content (AvgIpc) is 2.77. The predicted molar refractivity (Wildman–Crippen MR) is 128 cm³/mol. The second-order valence-corrected chi connectivity index (χ2v) is 9.80. The van der Waals surface area contributed by atoms with E-state index in [-0.39, 0.29) is 24.8 Å². The molecule has 0 bridgehead atoms. The van der Waals surface area contributed by atoms with Crippen LogP contribution in [0.15, 0.2) is 54.6 Å². The summed E-state index contributed by atoms with van der Waals surface area (Å²) in [7, 11) is -1.99. The quantitative estimate of drug-likeness (QED) is 0.534. The first-order valence-corrected chi connectivity index (χ1v) is 12.7. The summed E-state index contributed by atoms with van der Waals surface area (Å²) in [5, 5.41) is 3.13. The highest BCUT2D eigenvalue weighted by Crippen LogP contribution is 2.21. The Balaban J connectivity index is 2.15. The Hall–Kier alpha value is -2.58. The smallest absolute Gasteiger partial charge is 0.242 e. The van der Waals surface area contributed by atoms with Crippen molar-refractivity contribution in [3.63, 3.8) is 0 Å². The third-order valence-corrected chi connectivity index (χ3v) is 6.54. The Bertz CT molecular complexity index is 998. The minimum Gasteiger partial charge on any atom is -0.357 e. The molecule has 0 fully saturated rings. The van der Waals surface area contributed by atoms with Crippen molar-refractivity contribution in [1.29, 1.82) is 0 Å². The number of rotatable bonds is 11. The van der Waals surface area contributed by atoms with Crippen molar-refractivity contribution in [2.45, 2.75) is 38.8 Å². The van der Waals surface area contributed by atoms with Crippen LogP contribution in [0.4, 0.5) is 5.69 Å². The van der Waals surface area contributed by atoms with Crippen LogP contribution in [-0.4, -0.2) is 51.0 Å². The molecule has 7 nitrogen and oxygen atoms in total. The third kappa shape index (κ3) is 7.24. The number of carbonyl (C=O) groups is 2. The van der Waals surface area contributed by atoms with Gasteiger partial charge in [-0.05, 0) is 42.7 Å². The van der Waals surface area contributed by atoms with E-state index in [9.17, 15) is 18.0 Å². The van der Waals surface area contributed by atoms with Gasteiger partial charge in [-0.25, -0.2) is 8.42 Å². The van der Waals surface area contributed by atoms with E-state index in [1.165, 1.54) is 4.31 Å². The normalized spacial score (nSPS) is 12.1. The lowest BCUT2D eigenvalue weighted by Crippen LogP contribution is -2.48. The molecule has 0 saturated carbocycles. The van der Waals surface area contributed by atoms with Gasteiger partial charge in [0.1, 0.15) is 6.04 Å². The second kappa shape index (κ2) is 11.9. The van der Waals surface area contributed by atoms with Crippen LogP contribution < -0.4 is 9.62 Å². The van der Waals surface area contributed by atoms with E-state index < -0.39 is 16.1 Å². The fourth-order valence-corrected chi connectivity index (χ4v) is 4.57. The molecule has 0 aromatic heterocycles. The maximum atomic E-state index is 13.1. The first-order chi connectivity index (χ1) is 15.2. The first-order valence-electron chi connectivity index (χ1n) is 10.5. The summed E-state index contributed by atoms with van der Waals surface area (Å²) < 4.78 is 25.8. The van der Waals surface area contributed by atoms with Crippen LogP contribution in [0, 0.1) is 0 Å². The number of nitrogens with one attached hydrogen (secondary N) is 1. The standard InChI is InChI=1S/C23H30ClN3O4S/c1-4-21(23(29)25-2)26(17-18-9-6-5-7-10-18)22(28)11-8-16-27(32(3,30)31)20-14-12-19(24)13-15-20/h5-7,9-10,12-15,21H,4,8,11,16-17H2,1-3H3,(H,25,29)/t21-/m0/s1. The highest BCUT2D eigenvalue weighted by atomic mass is 35.5. The summed E-state index contributed by atoms with van der Waals surface area (Å²) in [6, 6.07) is 15.4. The molecule has 0 saturated heterocycles. The van der Waals surface area contributed by atoms with Gasteiger partial charge < -0.3 is 10.2 Å². The molecule has 9 heteroatoms. The number of amides is 2. The highest BCUT2D eigenvalue weighted by Gasteiger charge is 2.28. The Morgan fingerprint density at radius 2 is 1.69 bits per heavy atom. The number of hydrogen-bond donors (Lipinski definition) is 1. The maximum absolute atomic E-state index is 13.1. The van der Waals surface area contributed by atoms with Crippen molar-refractivity contribution >= 4 is 39.1 Å². The Morgan fingerprint density at radius 1 is 1.06 bits per heavy atom. The largest absolute Gasteiger partial charge is 0.357 e. The number of halogens is 1. The lowest BCUT2D eigenvalue weighted by molar-refractivity contribution is -0.141. The predicted octanol–water partition coefficient (Wildman–Crippen LogP) is 3.44. The molecular formula is C23H30ClN3O4S. The topological polar surface area (TPSA) is 86.8 Å². The molecule has 32 heavy (non-hydrogen) atoms. The summed E-state index contributed by atoms with van der Waals surface area (Å²) >= 11 is 5.91. The van der Waals surface area contributed by atoms with E-state index in [4.69, 9.17) is 11.6 Å². The van der Waals surface area contributed by atoms with Crippen LogP contribution >= 0.6 is 11.6 Å². The third-order valence-electron chi connectivity index (χ3n) is 5.09. The number of likely N-dealkylation sites (N-methyl/N-ethyl adjacent to an activating group) is 1. The van der Waals surface area contributed by atoms with Crippen LogP contribution in [0.2, 0.25) is 5.02 Å². The summed E-state index contributed by atoms with van der Waals surface area (Å²) in [5.74, 6) is -0.426. The minimum absolute atomic E-state index is 0.111. The number of hydrogen-bond acceptors (Lipinski definition) is 4. The Labute approximate surface area is 195 Å². The van der Waals surface area contributed by atoms with Crippen molar-refractivity contribution in [3.05, 3.63) is 65.2 Å². The van der Waals surface area contributed by atoms with Crippen LogP contribution in [0.3, 0.4) is 0 Å². The van der Waals surface area contributed by atoms with Crippen molar-refractivity contribution in [2.24, 2.45) is 0 Å². The van der Waals surface area contributed by atoms with Crippen molar-refractivity contribution in [2.75, 3.05) is 24.2 Å². The van der Waals surface area contributed by atoms with Gasteiger partial charge in [-0.2, -0.15) is 0 Å². The summed E-state index contributed by atoms with van der Waals surface area (Å²) in [5.41, 5.74) is 1.41. The lowest BCUT2D eigenvalue weighted by Gasteiger charge is -2.30. The van der Waals surface area contributed by atoms with Crippen LogP contribution in [0.25, 0.3) is 0 Å². The van der Waals surface area contributed by atoms with Crippen LogP contribution in [0.1, 0.15) is 31.7 Å². The molecule has 174 valence electrons. The molecule has 1 atom stereocenters. The van der Waals surface area contributed by atoms with E-state index in [0.29, 0.717) is 30.1 Å². The first kappa shape index (κ1) is 25.7. The average molecular weight is 480 g/mol. The maximum Gasteiger partial charge on any atom is 0.242 e. The van der Waals surface area contributed by atoms with E-state index in [1.807, 2.05) is 37.3 Å². The molecule has 2 amide bonds. The van der Waals surface area contributed by atoms with Gasteiger partial charge in [0.2, 0.25) is 21.8 Å². The molecule has 0 aliphatic rings. The summed E-state index contributed by atoms with van der Waals surface area (Å²) in [6.07, 6.45) is 2.02. The van der Waals surface area contributed by atoms with Crippen LogP contribution in [-0.2, 0) is 26.2 Å². The van der Waals surface area contributed by atoms with E-state index >= 15 is 0 Å². The molecule has 1 N–H and O–H groups in total. The van der Waals surface area contributed by atoms with Gasteiger partial charge in [-0.15, -0.1) is 0 Å². The van der Waals surface area contributed by atoms with Gasteiger partial charge in [0.05, 0.1) is 11.9 Å². The number of carbonyl (C=O) groups excluding carboxylic acids is 2. The summed E-state index contributed by atoms with van der Waals surface area (Å²) in [6.45, 7) is 2.30. The Morgan fingerprint density at radius 3 is 2.22 bits per heavy atom. The van der Waals surface area contributed by atoms with E-state index in [2.05, 4.69) is 5.32 Å². The van der Waals surface area contributed by atoms with Gasteiger partial charge in [0, 0.05) is 31.6 Å². The molecule has 0 aliphatic carbocycles. The van der Waals surface area contributed by atoms with E-state index in [1.54, 1.807) is 36.2 Å². The molecule has 0 aliphatic heterocycles. The summed E-state index contributed by atoms with van der Waals surface area (Å²) in [4.78, 5) is 27.1. The number of nitrogens with zero attached hydrogens (tertiary/aromatic N) is 2. The number of benzene rings is 2. The number of sulfonamides is 1. The molecule has 0 unspecified atom stereocenters. The van der Waals surface area contributed by atoms with E-state index in [0.717, 1.165) is 11.8 Å². The van der Waals surface area contributed by atoms with Crippen molar-refractivity contribution in [3.8, 4) is 0 Å². The molecule has 2 aromatic carbocycles. The van der Waals surface area contributed by atoms with Crippen LogP contribution in [0.5, 0.6) is 0 Å². The molecular weight excluding hydrogens is 450 g/mol. The molecule has 0 heterocycles. The van der Waals surface area contributed by atoms with Gasteiger partial charge in [0.15, 0.2) is 0 Å².